The van der Waals surface area contributed by atoms with Crippen molar-refractivity contribution in [3.05, 3.63) is 41.2 Å². The van der Waals surface area contributed by atoms with Gasteiger partial charge in [-0.05, 0) is 31.3 Å². The maximum Gasteiger partial charge on any atom is 0.0969 e. The molecule has 0 aliphatic heterocycles. The second-order valence-electron chi connectivity index (χ2n) is 3.13. The highest BCUT2D eigenvalue weighted by molar-refractivity contribution is 6.30. The molecule has 0 bridgehead atoms. The van der Waals surface area contributed by atoms with E-state index in [0.717, 1.165) is 11.4 Å². The molecule has 0 spiro atoms. The van der Waals surface area contributed by atoms with E-state index in [1.807, 2.05) is 31.3 Å². The zero-order chi connectivity index (χ0) is 10.7. The van der Waals surface area contributed by atoms with E-state index < -0.39 is 0 Å². The zero-order valence-electron chi connectivity index (χ0n) is 8.31. The van der Waals surface area contributed by atoms with Crippen LogP contribution in [0.15, 0.2) is 30.5 Å². The Morgan fingerprint density at radius 3 is 2.73 bits per heavy atom. The summed E-state index contributed by atoms with van der Waals surface area (Å²) in [5.41, 5.74) is 1.81. The van der Waals surface area contributed by atoms with Crippen molar-refractivity contribution in [2.24, 2.45) is 0 Å². The minimum atomic E-state index is 0.710. The van der Waals surface area contributed by atoms with Crippen LogP contribution >= 0.6 is 11.6 Å². The summed E-state index contributed by atoms with van der Waals surface area (Å²) in [6, 6.07) is 7.40. The predicted octanol–water partition coefficient (Wildman–Crippen LogP) is 1.64. The van der Waals surface area contributed by atoms with Crippen LogP contribution in [0.3, 0.4) is 0 Å². The molecular weight excluding hydrogens is 212 g/mol. The molecule has 1 heterocycles. The lowest BCUT2D eigenvalue weighted by Gasteiger charge is -1.98. The van der Waals surface area contributed by atoms with Crippen molar-refractivity contribution in [2.75, 3.05) is 7.05 Å². The molecule has 4 nitrogen and oxygen atoms in total. The van der Waals surface area contributed by atoms with Crippen molar-refractivity contribution < 1.29 is 0 Å². The Hall–Kier alpha value is -1.39. The highest BCUT2D eigenvalue weighted by Crippen LogP contribution is 2.11. The Labute approximate surface area is 92.9 Å². The van der Waals surface area contributed by atoms with Gasteiger partial charge < -0.3 is 5.32 Å². The Kier molecular flexibility index (Phi) is 2.99. The SMILES string of the molecule is CNCc1cnn(-c2ccc(Cl)cc2)n1. The molecule has 0 unspecified atom stereocenters. The minimum Gasteiger partial charge on any atom is -0.314 e. The van der Waals surface area contributed by atoms with Crippen LogP contribution in [0.2, 0.25) is 5.02 Å². The molecule has 2 rings (SSSR count). The summed E-state index contributed by atoms with van der Waals surface area (Å²) in [5.74, 6) is 0. The van der Waals surface area contributed by atoms with E-state index in [0.29, 0.717) is 11.6 Å². The van der Waals surface area contributed by atoms with E-state index in [9.17, 15) is 0 Å². The van der Waals surface area contributed by atoms with Crippen LogP contribution < -0.4 is 5.32 Å². The van der Waals surface area contributed by atoms with Gasteiger partial charge in [0, 0.05) is 11.6 Å². The topological polar surface area (TPSA) is 42.7 Å². The van der Waals surface area contributed by atoms with Gasteiger partial charge in [-0.1, -0.05) is 11.6 Å². The van der Waals surface area contributed by atoms with Crippen LogP contribution in [-0.2, 0) is 6.54 Å². The molecule has 0 radical (unpaired) electrons. The van der Waals surface area contributed by atoms with Gasteiger partial charge in [-0.3, -0.25) is 0 Å². The van der Waals surface area contributed by atoms with Crippen LogP contribution in [0, 0.1) is 0 Å². The van der Waals surface area contributed by atoms with Gasteiger partial charge in [-0.2, -0.15) is 15.0 Å². The number of nitrogens with one attached hydrogen (secondary N) is 1. The normalized spacial score (nSPS) is 10.5. The average Bonchev–Trinajstić information content (AvgIpc) is 2.68. The van der Waals surface area contributed by atoms with Gasteiger partial charge in [-0.15, -0.1) is 0 Å². The summed E-state index contributed by atoms with van der Waals surface area (Å²) in [6.07, 6.45) is 1.74. The Balaban J connectivity index is 2.25. The molecule has 78 valence electrons. The summed E-state index contributed by atoms with van der Waals surface area (Å²) in [6.45, 7) is 0.716. The van der Waals surface area contributed by atoms with Crippen molar-refractivity contribution in [2.45, 2.75) is 6.54 Å². The third-order valence-electron chi connectivity index (χ3n) is 1.95. The number of nitrogens with zero attached hydrogens (tertiary/aromatic N) is 3. The van der Waals surface area contributed by atoms with Crippen LogP contribution in [0.1, 0.15) is 5.69 Å². The quantitative estimate of drug-likeness (QED) is 0.859. The summed E-state index contributed by atoms with van der Waals surface area (Å²) in [4.78, 5) is 1.59. The van der Waals surface area contributed by atoms with Crippen molar-refractivity contribution in [1.29, 1.82) is 0 Å². The number of halogens is 1. The Morgan fingerprint density at radius 2 is 2.07 bits per heavy atom. The van der Waals surface area contributed by atoms with Gasteiger partial charge >= 0.3 is 0 Å². The maximum absolute atomic E-state index is 5.79. The number of hydrogen-bond donors (Lipinski definition) is 1. The third kappa shape index (κ3) is 2.34. The Morgan fingerprint density at radius 1 is 1.33 bits per heavy atom. The minimum absolute atomic E-state index is 0.710. The molecule has 2 aromatic rings. The smallest absolute Gasteiger partial charge is 0.0969 e. The zero-order valence-corrected chi connectivity index (χ0v) is 9.07. The first-order chi connectivity index (χ1) is 7.29. The molecule has 15 heavy (non-hydrogen) atoms. The molecule has 0 saturated heterocycles. The van der Waals surface area contributed by atoms with Gasteiger partial charge in [0.2, 0.25) is 0 Å². The lowest BCUT2D eigenvalue weighted by molar-refractivity contribution is 0.716. The van der Waals surface area contributed by atoms with Crippen molar-refractivity contribution >= 4 is 11.6 Å². The third-order valence-corrected chi connectivity index (χ3v) is 2.21. The molecule has 0 amide bonds. The lowest BCUT2D eigenvalue weighted by Crippen LogP contribution is -2.06. The molecule has 0 atom stereocenters. The van der Waals surface area contributed by atoms with Gasteiger partial charge in [0.05, 0.1) is 17.6 Å². The standard InChI is InChI=1S/C10H11ClN4/c1-12-6-9-7-13-15(14-9)10-4-2-8(11)3-5-10/h2-5,7,12H,6H2,1H3. The molecular formula is C10H11ClN4. The van der Waals surface area contributed by atoms with Gasteiger partial charge in [0.1, 0.15) is 0 Å². The largest absolute Gasteiger partial charge is 0.314 e. The number of benzene rings is 1. The van der Waals surface area contributed by atoms with E-state index >= 15 is 0 Å². The summed E-state index contributed by atoms with van der Waals surface area (Å²) >= 11 is 5.79. The fourth-order valence-electron chi connectivity index (χ4n) is 1.26. The number of rotatable bonds is 3. The van der Waals surface area contributed by atoms with E-state index in [4.69, 9.17) is 11.6 Å². The fraction of sp³-hybridized carbons (Fsp3) is 0.200. The van der Waals surface area contributed by atoms with Crippen LogP contribution in [-0.4, -0.2) is 22.0 Å². The first kappa shape index (κ1) is 10.1. The lowest BCUT2D eigenvalue weighted by atomic mass is 10.3. The Bertz CT molecular complexity index is 435. The van der Waals surface area contributed by atoms with Gasteiger partial charge in [0.15, 0.2) is 0 Å². The van der Waals surface area contributed by atoms with Crippen molar-refractivity contribution in [1.82, 2.24) is 20.3 Å². The molecule has 5 heteroatoms. The molecule has 0 aliphatic rings. The molecule has 0 aliphatic carbocycles. The summed E-state index contributed by atoms with van der Waals surface area (Å²) in [7, 11) is 1.88. The fourth-order valence-corrected chi connectivity index (χ4v) is 1.38. The molecule has 1 N–H and O–H groups in total. The summed E-state index contributed by atoms with van der Waals surface area (Å²) < 4.78 is 0. The van der Waals surface area contributed by atoms with Gasteiger partial charge in [0.25, 0.3) is 0 Å². The van der Waals surface area contributed by atoms with E-state index in [-0.39, 0.29) is 0 Å². The molecule has 0 saturated carbocycles. The van der Waals surface area contributed by atoms with Crippen LogP contribution in [0.4, 0.5) is 0 Å². The van der Waals surface area contributed by atoms with E-state index in [2.05, 4.69) is 15.5 Å². The monoisotopic (exact) mass is 222 g/mol. The van der Waals surface area contributed by atoms with Crippen molar-refractivity contribution in [3.8, 4) is 5.69 Å². The predicted molar refractivity (Wildman–Crippen MR) is 59.1 cm³/mol. The first-order valence-corrected chi connectivity index (χ1v) is 4.99. The first-order valence-electron chi connectivity index (χ1n) is 4.61. The van der Waals surface area contributed by atoms with E-state index in [1.165, 1.54) is 0 Å². The summed E-state index contributed by atoms with van der Waals surface area (Å²) in [5, 5.41) is 12.2. The van der Waals surface area contributed by atoms with Crippen LogP contribution in [0.25, 0.3) is 5.69 Å². The van der Waals surface area contributed by atoms with Gasteiger partial charge in [-0.25, -0.2) is 0 Å². The maximum atomic E-state index is 5.79. The van der Waals surface area contributed by atoms with Crippen molar-refractivity contribution in [3.63, 3.8) is 0 Å². The molecule has 1 aromatic carbocycles. The van der Waals surface area contributed by atoms with Crippen LogP contribution in [0.5, 0.6) is 0 Å². The molecule has 0 fully saturated rings. The average molecular weight is 223 g/mol. The number of hydrogen-bond acceptors (Lipinski definition) is 3. The highest BCUT2D eigenvalue weighted by Gasteiger charge is 2.01. The van der Waals surface area contributed by atoms with E-state index in [1.54, 1.807) is 11.0 Å². The highest BCUT2D eigenvalue weighted by atomic mass is 35.5. The number of aromatic nitrogens is 3. The molecule has 1 aromatic heterocycles. The second kappa shape index (κ2) is 4.42. The second-order valence-corrected chi connectivity index (χ2v) is 3.57.